The highest BCUT2D eigenvalue weighted by Crippen LogP contribution is 2.35. The van der Waals surface area contributed by atoms with E-state index in [0.29, 0.717) is 12.8 Å². The molecular formula is C15H18F2N2O2. The Bertz CT molecular complexity index is 538. The van der Waals surface area contributed by atoms with E-state index in [1.807, 2.05) is 0 Å². The molecule has 0 saturated carbocycles. The smallest absolute Gasteiger partial charge is 0.238 e. The van der Waals surface area contributed by atoms with Crippen molar-refractivity contribution in [2.45, 2.75) is 43.9 Å². The van der Waals surface area contributed by atoms with Crippen LogP contribution in [0.2, 0.25) is 0 Å². The largest absolute Gasteiger partial charge is 0.393 e. The fraction of sp³-hybridized carbons (Fsp3) is 0.533. The van der Waals surface area contributed by atoms with Crippen LogP contribution in [0.15, 0.2) is 18.2 Å². The van der Waals surface area contributed by atoms with Gasteiger partial charge in [0, 0.05) is 23.8 Å². The van der Waals surface area contributed by atoms with Gasteiger partial charge in [-0.15, -0.1) is 0 Å². The highest BCUT2D eigenvalue weighted by atomic mass is 19.2. The number of piperidine rings is 1. The quantitative estimate of drug-likeness (QED) is 0.895. The second kappa shape index (κ2) is 5.69. The predicted molar refractivity (Wildman–Crippen MR) is 73.7 cm³/mol. The lowest BCUT2D eigenvalue weighted by molar-refractivity contribution is -0.119. The Labute approximate surface area is 121 Å². The Morgan fingerprint density at radius 2 is 1.90 bits per heavy atom. The zero-order valence-corrected chi connectivity index (χ0v) is 11.6. The van der Waals surface area contributed by atoms with Gasteiger partial charge in [-0.2, -0.15) is 0 Å². The fourth-order valence-electron chi connectivity index (χ4n) is 3.44. The first-order valence-corrected chi connectivity index (χ1v) is 7.21. The average Bonchev–Trinajstić information content (AvgIpc) is 2.67. The summed E-state index contributed by atoms with van der Waals surface area (Å²) >= 11 is 0. The van der Waals surface area contributed by atoms with Crippen molar-refractivity contribution in [1.82, 2.24) is 4.90 Å². The molecule has 1 aromatic carbocycles. The van der Waals surface area contributed by atoms with Crippen LogP contribution in [0.1, 0.15) is 25.7 Å². The van der Waals surface area contributed by atoms with E-state index in [1.165, 1.54) is 6.07 Å². The number of halogens is 2. The number of carbonyl (C=O) groups is 1. The molecule has 0 radical (unpaired) electrons. The van der Waals surface area contributed by atoms with E-state index in [1.54, 1.807) is 0 Å². The van der Waals surface area contributed by atoms with E-state index in [0.717, 1.165) is 25.0 Å². The number of aliphatic hydroxyl groups is 1. The van der Waals surface area contributed by atoms with E-state index < -0.39 is 11.6 Å². The molecule has 2 saturated heterocycles. The first kappa shape index (κ1) is 14.4. The second-order valence-electron chi connectivity index (χ2n) is 5.86. The van der Waals surface area contributed by atoms with Gasteiger partial charge < -0.3 is 10.4 Å². The van der Waals surface area contributed by atoms with Gasteiger partial charge in [-0.3, -0.25) is 9.69 Å². The summed E-state index contributed by atoms with van der Waals surface area (Å²) in [6, 6.07) is 3.79. The molecule has 1 aromatic rings. The number of anilines is 1. The Hall–Kier alpha value is -1.53. The van der Waals surface area contributed by atoms with Gasteiger partial charge in [0.15, 0.2) is 11.6 Å². The van der Waals surface area contributed by atoms with Crippen LogP contribution in [-0.4, -0.2) is 40.6 Å². The fourth-order valence-corrected chi connectivity index (χ4v) is 3.44. The lowest BCUT2D eigenvalue weighted by atomic mass is 10.00. The first-order valence-electron chi connectivity index (χ1n) is 7.21. The molecule has 6 heteroatoms. The highest BCUT2D eigenvalue weighted by Gasteiger charge is 2.40. The Balaban J connectivity index is 1.60. The van der Waals surface area contributed by atoms with Crippen LogP contribution in [0.5, 0.6) is 0 Å². The van der Waals surface area contributed by atoms with Crippen LogP contribution < -0.4 is 5.32 Å². The van der Waals surface area contributed by atoms with Gasteiger partial charge in [0.05, 0.1) is 12.6 Å². The standard InChI is InChI=1S/C15H18F2N2O2/c16-13-4-1-9(5-14(13)17)18-15(21)8-19-10-2-3-11(19)7-12(20)6-10/h1,4-5,10-12,20H,2-3,6-8H2,(H,18,21). The maximum Gasteiger partial charge on any atom is 0.238 e. The number of hydrogen-bond donors (Lipinski definition) is 2. The van der Waals surface area contributed by atoms with Gasteiger partial charge in [0.25, 0.3) is 0 Å². The summed E-state index contributed by atoms with van der Waals surface area (Å²) in [6.45, 7) is 0.223. The monoisotopic (exact) mass is 296 g/mol. The summed E-state index contributed by atoms with van der Waals surface area (Å²) in [7, 11) is 0. The van der Waals surface area contributed by atoms with Gasteiger partial charge in [-0.25, -0.2) is 8.78 Å². The lowest BCUT2D eigenvalue weighted by Crippen LogP contribution is -2.47. The summed E-state index contributed by atoms with van der Waals surface area (Å²) in [4.78, 5) is 14.2. The molecule has 2 atom stereocenters. The number of rotatable bonds is 3. The molecule has 2 N–H and O–H groups in total. The molecule has 2 heterocycles. The van der Waals surface area contributed by atoms with Crippen molar-refractivity contribution < 1.29 is 18.7 Å². The molecule has 3 rings (SSSR count). The average molecular weight is 296 g/mol. The van der Waals surface area contributed by atoms with E-state index in [9.17, 15) is 18.7 Å². The number of nitrogens with one attached hydrogen (secondary N) is 1. The number of carbonyl (C=O) groups excluding carboxylic acids is 1. The lowest BCUT2D eigenvalue weighted by Gasteiger charge is -2.36. The van der Waals surface area contributed by atoms with E-state index in [4.69, 9.17) is 0 Å². The number of aliphatic hydroxyl groups excluding tert-OH is 1. The molecule has 4 nitrogen and oxygen atoms in total. The molecule has 0 aromatic heterocycles. The Morgan fingerprint density at radius 3 is 2.52 bits per heavy atom. The molecule has 0 spiro atoms. The highest BCUT2D eigenvalue weighted by molar-refractivity contribution is 5.92. The minimum absolute atomic E-state index is 0.223. The van der Waals surface area contributed by atoms with Crippen LogP contribution in [-0.2, 0) is 4.79 Å². The second-order valence-corrected chi connectivity index (χ2v) is 5.86. The Kier molecular flexibility index (Phi) is 3.91. The SMILES string of the molecule is O=C(CN1C2CCC1CC(O)C2)Nc1ccc(F)c(F)c1. The maximum absolute atomic E-state index is 13.1. The zero-order valence-electron chi connectivity index (χ0n) is 11.6. The van der Waals surface area contributed by atoms with Crippen molar-refractivity contribution in [1.29, 1.82) is 0 Å². The third-order valence-corrected chi connectivity index (χ3v) is 4.39. The summed E-state index contributed by atoms with van der Waals surface area (Å²) in [5, 5.41) is 12.3. The van der Waals surface area contributed by atoms with E-state index in [2.05, 4.69) is 10.2 Å². The summed E-state index contributed by atoms with van der Waals surface area (Å²) in [6.07, 6.45) is 3.14. The van der Waals surface area contributed by atoms with Gasteiger partial charge in [0.2, 0.25) is 5.91 Å². The van der Waals surface area contributed by atoms with Crippen molar-refractivity contribution in [3.63, 3.8) is 0 Å². The number of hydrogen-bond acceptors (Lipinski definition) is 3. The third kappa shape index (κ3) is 3.06. The van der Waals surface area contributed by atoms with Crippen LogP contribution >= 0.6 is 0 Å². The first-order chi connectivity index (χ1) is 10.0. The molecular weight excluding hydrogens is 278 g/mol. The normalized spacial score (nSPS) is 28.6. The summed E-state index contributed by atoms with van der Waals surface area (Å²) in [5.41, 5.74) is 0.253. The molecule has 2 fully saturated rings. The topological polar surface area (TPSA) is 52.6 Å². The predicted octanol–water partition coefficient (Wildman–Crippen LogP) is 1.89. The minimum Gasteiger partial charge on any atom is -0.393 e. The van der Waals surface area contributed by atoms with Crippen LogP contribution in [0, 0.1) is 11.6 Å². The molecule has 21 heavy (non-hydrogen) atoms. The van der Waals surface area contributed by atoms with E-state index in [-0.39, 0.29) is 36.3 Å². The number of nitrogens with zero attached hydrogens (tertiary/aromatic N) is 1. The summed E-state index contributed by atoms with van der Waals surface area (Å²) in [5.74, 6) is -2.15. The molecule has 2 bridgehead atoms. The van der Waals surface area contributed by atoms with Crippen molar-refractivity contribution in [3.8, 4) is 0 Å². The zero-order chi connectivity index (χ0) is 15.0. The minimum atomic E-state index is -0.978. The summed E-state index contributed by atoms with van der Waals surface area (Å²) < 4.78 is 25.9. The maximum atomic E-state index is 13.1. The number of fused-ring (bicyclic) bond motifs is 2. The third-order valence-electron chi connectivity index (χ3n) is 4.39. The molecule has 114 valence electrons. The molecule has 2 aliphatic rings. The van der Waals surface area contributed by atoms with Crippen molar-refractivity contribution in [2.24, 2.45) is 0 Å². The van der Waals surface area contributed by atoms with Gasteiger partial charge in [-0.1, -0.05) is 0 Å². The van der Waals surface area contributed by atoms with Crippen LogP contribution in [0.25, 0.3) is 0 Å². The van der Waals surface area contributed by atoms with Crippen molar-refractivity contribution in [2.75, 3.05) is 11.9 Å². The molecule has 2 aliphatic heterocycles. The van der Waals surface area contributed by atoms with Crippen LogP contribution in [0.3, 0.4) is 0 Å². The number of amides is 1. The molecule has 0 aliphatic carbocycles. The van der Waals surface area contributed by atoms with Crippen molar-refractivity contribution >= 4 is 11.6 Å². The van der Waals surface area contributed by atoms with Gasteiger partial charge in [0.1, 0.15) is 0 Å². The molecule has 2 unspecified atom stereocenters. The Morgan fingerprint density at radius 1 is 1.24 bits per heavy atom. The van der Waals surface area contributed by atoms with Crippen LogP contribution in [0.4, 0.5) is 14.5 Å². The van der Waals surface area contributed by atoms with Crippen molar-refractivity contribution in [3.05, 3.63) is 29.8 Å². The van der Waals surface area contributed by atoms with Gasteiger partial charge in [-0.05, 0) is 37.8 Å². The number of benzene rings is 1. The van der Waals surface area contributed by atoms with Gasteiger partial charge >= 0.3 is 0 Å². The molecule has 1 amide bonds. The van der Waals surface area contributed by atoms with E-state index >= 15 is 0 Å².